The third-order valence-electron chi connectivity index (χ3n) is 1.84. The van der Waals surface area contributed by atoms with Crippen molar-refractivity contribution in [1.29, 1.82) is 0 Å². The Kier molecular flexibility index (Phi) is 3.46. The summed E-state index contributed by atoms with van der Waals surface area (Å²) in [5, 5.41) is 8.46. The van der Waals surface area contributed by atoms with Crippen molar-refractivity contribution in [3.63, 3.8) is 0 Å². The number of rotatable bonds is 3. The molecule has 0 fully saturated rings. The van der Waals surface area contributed by atoms with E-state index in [2.05, 4.69) is 15.9 Å². The predicted molar refractivity (Wildman–Crippen MR) is 55.4 cm³/mol. The van der Waals surface area contributed by atoms with Crippen LogP contribution in [0.5, 0.6) is 0 Å². The van der Waals surface area contributed by atoms with E-state index in [0.29, 0.717) is 0 Å². The van der Waals surface area contributed by atoms with Crippen LogP contribution in [-0.2, 0) is 11.3 Å². The van der Waals surface area contributed by atoms with E-state index in [1.54, 1.807) is 6.20 Å². The molecule has 0 radical (unpaired) electrons. The quantitative estimate of drug-likeness (QED) is 0.893. The maximum Gasteiger partial charge on any atom is 0.305 e. The molecule has 0 saturated carbocycles. The molecule has 0 spiro atoms. The molecule has 14 heavy (non-hydrogen) atoms. The Bertz CT molecular complexity index is 411. The molecule has 0 bridgehead atoms. The van der Waals surface area contributed by atoms with Gasteiger partial charge in [-0.2, -0.15) is 0 Å². The van der Waals surface area contributed by atoms with Crippen molar-refractivity contribution in [3.05, 3.63) is 32.7 Å². The highest BCUT2D eigenvalue weighted by molar-refractivity contribution is 9.10. The van der Waals surface area contributed by atoms with E-state index in [1.165, 1.54) is 10.6 Å². The van der Waals surface area contributed by atoms with Crippen LogP contribution in [0, 0.1) is 6.92 Å². The van der Waals surface area contributed by atoms with Crippen molar-refractivity contribution in [2.24, 2.45) is 0 Å². The average molecular weight is 260 g/mol. The second kappa shape index (κ2) is 4.41. The molecule has 0 aromatic carbocycles. The lowest BCUT2D eigenvalue weighted by molar-refractivity contribution is -0.137. The van der Waals surface area contributed by atoms with Crippen LogP contribution in [0.3, 0.4) is 0 Å². The maximum absolute atomic E-state index is 11.4. The van der Waals surface area contributed by atoms with Gasteiger partial charge >= 0.3 is 5.97 Å². The van der Waals surface area contributed by atoms with Gasteiger partial charge in [0.2, 0.25) is 0 Å². The average Bonchev–Trinajstić information content (AvgIpc) is 2.09. The zero-order valence-corrected chi connectivity index (χ0v) is 9.24. The van der Waals surface area contributed by atoms with E-state index < -0.39 is 5.97 Å². The van der Waals surface area contributed by atoms with E-state index in [1.807, 2.05) is 6.92 Å². The van der Waals surface area contributed by atoms with Gasteiger partial charge in [-0.25, -0.2) is 0 Å². The molecule has 1 N–H and O–H groups in total. The molecule has 1 aromatic heterocycles. The Hall–Kier alpha value is -1.10. The number of halogens is 1. The van der Waals surface area contributed by atoms with Gasteiger partial charge in [-0.05, 0) is 28.4 Å². The van der Waals surface area contributed by atoms with Gasteiger partial charge in [-0.3, -0.25) is 9.59 Å². The lowest BCUT2D eigenvalue weighted by atomic mass is 10.3. The third-order valence-corrected chi connectivity index (χ3v) is 2.67. The maximum atomic E-state index is 11.4. The normalized spacial score (nSPS) is 10.1. The molecule has 0 unspecified atom stereocenters. The van der Waals surface area contributed by atoms with Crippen LogP contribution >= 0.6 is 15.9 Å². The van der Waals surface area contributed by atoms with Crippen LogP contribution in [0.15, 0.2) is 21.5 Å². The molecule has 0 amide bonds. The summed E-state index contributed by atoms with van der Waals surface area (Å²) < 4.78 is 2.19. The highest BCUT2D eigenvalue weighted by Crippen LogP contribution is 2.12. The number of hydrogen-bond donors (Lipinski definition) is 1. The molecule has 1 aromatic rings. The molecule has 0 aliphatic heterocycles. The largest absolute Gasteiger partial charge is 0.481 e. The molecule has 0 saturated heterocycles. The van der Waals surface area contributed by atoms with Crippen molar-refractivity contribution in [1.82, 2.24) is 4.57 Å². The van der Waals surface area contributed by atoms with Crippen LogP contribution in [0.25, 0.3) is 0 Å². The van der Waals surface area contributed by atoms with Crippen LogP contribution in [-0.4, -0.2) is 15.6 Å². The fourth-order valence-electron chi connectivity index (χ4n) is 1.03. The number of aliphatic carboxylic acids is 1. The van der Waals surface area contributed by atoms with E-state index >= 15 is 0 Å². The standard InChI is InChI=1S/C9H10BrNO3/c1-6-4-8(12)11(5-7(6)10)3-2-9(13)14/h4-5H,2-3H2,1H3,(H,13,14). The second-order valence-corrected chi connectivity index (χ2v) is 3.83. The van der Waals surface area contributed by atoms with Gasteiger partial charge in [0, 0.05) is 23.3 Å². The summed E-state index contributed by atoms with van der Waals surface area (Å²) in [4.78, 5) is 21.7. The zero-order valence-electron chi connectivity index (χ0n) is 7.66. The summed E-state index contributed by atoms with van der Waals surface area (Å²) in [5.41, 5.74) is 0.675. The van der Waals surface area contributed by atoms with E-state index in [-0.39, 0.29) is 18.5 Å². The molecule has 0 aliphatic rings. The molecule has 0 aliphatic carbocycles. The minimum absolute atomic E-state index is 0.0462. The second-order valence-electron chi connectivity index (χ2n) is 2.98. The molecule has 1 heterocycles. The summed E-state index contributed by atoms with van der Waals surface area (Å²) in [6.07, 6.45) is 1.57. The molecule has 4 nitrogen and oxygen atoms in total. The van der Waals surface area contributed by atoms with Gasteiger partial charge in [-0.1, -0.05) is 0 Å². The van der Waals surface area contributed by atoms with Crippen molar-refractivity contribution in [3.8, 4) is 0 Å². The number of nitrogens with zero attached hydrogens (tertiary/aromatic N) is 1. The summed E-state index contributed by atoms with van der Waals surface area (Å²) in [6.45, 7) is 2.01. The summed E-state index contributed by atoms with van der Waals surface area (Å²) in [6, 6.07) is 1.48. The topological polar surface area (TPSA) is 59.3 Å². The number of aryl methyl sites for hydroxylation is 2. The highest BCUT2D eigenvalue weighted by atomic mass is 79.9. The molecule has 0 atom stereocenters. The molecular weight excluding hydrogens is 250 g/mol. The van der Waals surface area contributed by atoms with Crippen LogP contribution in [0.1, 0.15) is 12.0 Å². The van der Waals surface area contributed by atoms with Gasteiger partial charge in [0.05, 0.1) is 6.42 Å². The molecule has 5 heteroatoms. The summed E-state index contributed by atoms with van der Waals surface area (Å²) in [5.74, 6) is -0.909. The molecule has 1 rings (SSSR count). The summed E-state index contributed by atoms with van der Waals surface area (Å²) >= 11 is 3.28. The van der Waals surface area contributed by atoms with Crippen molar-refractivity contribution in [2.45, 2.75) is 19.9 Å². The predicted octanol–water partition coefficient (Wildman–Crippen LogP) is 1.39. The monoisotopic (exact) mass is 259 g/mol. The van der Waals surface area contributed by atoms with E-state index in [9.17, 15) is 9.59 Å². The third kappa shape index (κ3) is 2.70. The first-order valence-electron chi connectivity index (χ1n) is 4.09. The Morgan fingerprint density at radius 2 is 2.29 bits per heavy atom. The lowest BCUT2D eigenvalue weighted by Crippen LogP contribution is -2.20. The van der Waals surface area contributed by atoms with Crippen LogP contribution < -0.4 is 5.56 Å². The van der Waals surface area contributed by atoms with Crippen LogP contribution in [0.4, 0.5) is 0 Å². The van der Waals surface area contributed by atoms with Crippen LogP contribution in [0.2, 0.25) is 0 Å². The van der Waals surface area contributed by atoms with Gasteiger partial charge in [-0.15, -0.1) is 0 Å². The number of aromatic nitrogens is 1. The summed E-state index contributed by atoms with van der Waals surface area (Å²) in [7, 11) is 0. The number of pyridine rings is 1. The van der Waals surface area contributed by atoms with Gasteiger partial charge in [0.1, 0.15) is 0 Å². The fourth-order valence-corrected chi connectivity index (χ4v) is 1.39. The van der Waals surface area contributed by atoms with Gasteiger partial charge < -0.3 is 9.67 Å². The Morgan fingerprint density at radius 1 is 1.64 bits per heavy atom. The number of carbonyl (C=O) groups is 1. The van der Waals surface area contributed by atoms with Gasteiger partial charge in [0.15, 0.2) is 0 Å². The minimum Gasteiger partial charge on any atom is -0.481 e. The van der Waals surface area contributed by atoms with Gasteiger partial charge in [0.25, 0.3) is 5.56 Å². The van der Waals surface area contributed by atoms with Crippen molar-refractivity contribution in [2.75, 3.05) is 0 Å². The Labute approximate surface area is 89.3 Å². The number of carboxylic acids is 1. The van der Waals surface area contributed by atoms with E-state index in [0.717, 1.165) is 10.0 Å². The number of hydrogen-bond acceptors (Lipinski definition) is 2. The first-order valence-corrected chi connectivity index (χ1v) is 4.88. The Morgan fingerprint density at radius 3 is 2.86 bits per heavy atom. The minimum atomic E-state index is -0.909. The molecule has 76 valence electrons. The smallest absolute Gasteiger partial charge is 0.305 e. The SMILES string of the molecule is Cc1cc(=O)n(CCC(=O)O)cc1Br. The van der Waals surface area contributed by atoms with Crippen molar-refractivity contribution >= 4 is 21.9 Å². The highest BCUT2D eigenvalue weighted by Gasteiger charge is 2.03. The fraction of sp³-hybridized carbons (Fsp3) is 0.333. The number of carboxylic acid groups (broad SMARTS) is 1. The molecular formula is C9H10BrNO3. The zero-order chi connectivity index (χ0) is 10.7. The van der Waals surface area contributed by atoms with Crippen molar-refractivity contribution < 1.29 is 9.90 Å². The Balaban J connectivity index is 2.93. The lowest BCUT2D eigenvalue weighted by Gasteiger charge is -2.05. The first kappa shape index (κ1) is 11.0. The first-order chi connectivity index (χ1) is 6.50. The van der Waals surface area contributed by atoms with E-state index in [4.69, 9.17) is 5.11 Å².